The highest BCUT2D eigenvalue weighted by Gasteiger charge is 2.24. The first kappa shape index (κ1) is 44.1. The molecule has 2 unspecified atom stereocenters. The number of unbranched alkanes of at least 4 members (excludes halogenated alkanes) is 2. The molecule has 0 bridgehead atoms. The zero-order valence-corrected chi connectivity index (χ0v) is 31.6. The van der Waals surface area contributed by atoms with E-state index in [-0.39, 0.29) is 23.8 Å². The third-order valence-corrected chi connectivity index (χ3v) is 9.20. The molecule has 0 aromatic heterocycles. The SMILES string of the molecule is C=C/C=C(\C=C)C(NC(=O)CCCCCN)c1ccccc1.CCC(N)=O.NC(=O)C(CC1CCCCC1)NC(=O)CCc1ccc2ccccc2c1. The van der Waals surface area contributed by atoms with E-state index in [2.05, 4.69) is 59.9 Å². The largest absolute Gasteiger partial charge is 0.370 e. The number of hydrogen-bond acceptors (Lipinski definition) is 5. The summed E-state index contributed by atoms with van der Waals surface area (Å²) in [6, 6.07) is 23.6. The van der Waals surface area contributed by atoms with Gasteiger partial charge in [-0.2, -0.15) is 0 Å². The number of primary amides is 2. The number of nitrogens with one attached hydrogen (secondary N) is 2. The highest BCUT2D eigenvalue weighted by molar-refractivity contribution is 5.87. The topological polar surface area (TPSA) is 170 Å². The molecule has 1 aliphatic rings. The number of fused-ring (bicyclic) bond motifs is 1. The van der Waals surface area contributed by atoms with Crippen LogP contribution in [0.2, 0.25) is 0 Å². The van der Waals surface area contributed by atoms with Gasteiger partial charge in [-0.3, -0.25) is 19.2 Å². The van der Waals surface area contributed by atoms with Crippen molar-refractivity contribution in [1.82, 2.24) is 10.6 Å². The van der Waals surface area contributed by atoms with Gasteiger partial charge in [-0.15, -0.1) is 0 Å². The highest BCUT2D eigenvalue weighted by Crippen LogP contribution is 2.27. The second-order valence-electron chi connectivity index (χ2n) is 13.4. The van der Waals surface area contributed by atoms with Gasteiger partial charge in [0.15, 0.2) is 0 Å². The van der Waals surface area contributed by atoms with Gasteiger partial charge in [0.05, 0.1) is 6.04 Å². The van der Waals surface area contributed by atoms with Gasteiger partial charge in [0, 0.05) is 19.3 Å². The Balaban J connectivity index is 0.000000329. The van der Waals surface area contributed by atoms with Crippen LogP contribution in [0.25, 0.3) is 10.8 Å². The Kier molecular flexibility index (Phi) is 21.5. The van der Waals surface area contributed by atoms with Crippen molar-refractivity contribution in [3.8, 4) is 0 Å². The van der Waals surface area contributed by atoms with Crippen molar-refractivity contribution < 1.29 is 19.2 Å². The summed E-state index contributed by atoms with van der Waals surface area (Å²) in [4.78, 5) is 45.8. The second kappa shape index (κ2) is 25.9. The summed E-state index contributed by atoms with van der Waals surface area (Å²) in [5.74, 6) is -0.220. The molecule has 9 nitrogen and oxygen atoms in total. The van der Waals surface area contributed by atoms with Gasteiger partial charge < -0.3 is 27.8 Å². The van der Waals surface area contributed by atoms with Gasteiger partial charge in [0.2, 0.25) is 23.6 Å². The Morgan fingerprint density at radius 2 is 1.45 bits per heavy atom. The van der Waals surface area contributed by atoms with E-state index in [9.17, 15) is 19.2 Å². The summed E-state index contributed by atoms with van der Waals surface area (Å²) in [6.45, 7) is 9.97. The van der Waals surface area contributed by atoms with E-state index in [1.54, 1.807) is 19.1 Å². The van der Waals surface area contributed by atoms with E-state index < -0.39 is 11.9 Å². The molecule has 3 aromatic rings. The number of allylic oxidation sites excluding steroid dienone is 2. The lowest BCUT2D eigenvalue weighted by Gasteiger charge is -2.25. The molecule has 0 saturated heterocycles. The predicted molar refractivity (Wildman–Crippen MR) is 217 cm³/mol. The maximum atomic E-state index is 12.3. The number of hydrogen-bond donors (Lipinski definition) is 5. The van der Waals surface area contributed by atoms with Crippen molar-refractivity contribution in [2.24, 2.45) is 23.1 Å². The molecule has 8 N–H and O–H groups in total. The molecular weight excluding hydrogens is 663 g/mol. The summed E-state index contributed by atoms with van der Waals surface area (Å²) < 4.78 is 0. The minimum absolute atomic E-state index is 0.0442. The van der Waals surface area contributed by atoms with Crippen molar-refractivity contribution in [1.29, 1.82) is 0 Å². The van der Waals surface area contributed by atoms with Crippen molar-refractivity contribution in [3.05, 3.63) is 121 Å². The Bertz CT molecular complexity index is 1610. The maximum Gasteiger partial charge on any atom is 0.240 e. The molecule has 1 aliphatic carbocycles. The number of carbonyl (C=O) groups excluding carboxylic acids is 4. The molecule has 286 valence electrons. The number of carbonyl (C=O) groups is 4. The molecule has 0 radical (unpaired) electrons. The van der Waals surface area contributed by atoms with E-state index in [1.165, 1.54) is 30.0 Å². The number of benzene rings is 3. The predicted octanol–water partition coefficient (Wildman–Crippen LogP) is 7.26. The lowest BCUT2D eigenvalue weighted by atomic mass is 9.84. The summed E-state index contributed by atoms with van der Waals surface area (Å²) >= 11 is 0. The third-order valence-electron chi connectivity index (χ3n) is 9.20. The Morgan fingerprint density at radius 3 is 2.06 bits per heavy atom. The Hall–Kier alpha value is -5.02. The lowest BCUT2D eigenvalue weighted by Crippen LogP contribution is -2.45. The average molecular weight is 724 g/mol. The number of amides is 4. The van der Waals surface area contributed by atoms with Crippen LogP contribution in [-0.4, -0.2) is 36.2 Å². The van der Waals surface area contributed by atoms with Crippen LogP contribution in [0.4, 0.5) is 0 Å². The molecule has 0 aliphatic heterocycles. The zero-order chi connectivity index (χ0) is 38.8. The fourth-order valence-electron chi connectivity index (χ4n) is 6.18. The van der Waals surface area contributed by atoms with Crippen LogP contribution in [0, 0.1) is 5.92 Å². The molecule has 4 rings (SSSR count). The first-order valence-electron chi connectivity index (χ1n) is 19.0. The molecule has 1 fully saturated rings. The molecule has 0 spiro atoms. The third kappa shape index (κ3) is 17.8. The van der Waals surface area contributed by atoms with Crippen LogP contribution < -0.4 is 27.8 Å². The number of aryl methyl sites for hydroxylation is 1. The molecule has 1 saturated carbocycles. The van der Waals surface area contributed by atoms with Crippen molar-refractivity contribution in [3.63, 3.8) is 0 Å². The van der Waals surface area contributed by atoms with Gasteiger partial charge in [-0.1, -0.05) is 150 Å². The first-order valence-corrected chi connectivity index (χ1v) is 19.0. The van der Waals surface area contributed by atoms with Crippen LogP contribution in [0.1, 0.15) is 101 Å². The summed E-state index contributed by atoms with van der Waals surface area (Å²) in [6.07, 6.45) is 16.8. The minimum atomic E-state index is -0.540. The fraction of sp³-hybridized carbons (Fsp3) is 0.409. The van der Waals surface area contributed by atoms with Gasteiger partial charge in [-0.25, -0.2) is 0 Å². The van der Waals surface area contributed by atoms with Crippen LogP contribution in [0.3, 0.4) is 0 Å². The molecule has 2 atom stereocenters. The smallest absolute Gasteiger partial charge is 0.240 e. The van der Waals surface area contributed by atoms with Crippen LogP contribution in [0.5, 0.6) is 0 Å². The lowest BCUT2D eigenvalue weighted by molar-refractivity contribution is -0.127. The quantitative estimate of drug-likeness (QED) is 0.0686. The van der Waals surface area contributed by atoms with Crippen LogP contribution in [-0.2, 0) is 25.6 Å². The van der Waals surface area contributed by atoms with E-state index >= 15 is 0 Å². The molecule has 9 heteroatoms. The molecule has 3 aromatic carbocycles. The first-order chi connectivity index (χ1) is 25.6. The monoisotopic (exact) mass is 723 g/mol. The van der Waals surface area contributed by atoms with Gasteiger partial charge >= 0.3 is 0 Å². The Morgan fingerprint density at radius 1 is 0.811 bits per heavy atom. The minimum Gasteiger partial charge on any atom is -0.370 e. The molecule has 4 amide bonds. The van der Waals surface area contributed by atoms with Gasteiger partial charge in [0.25, 0.3) is 0 Å². The van der Waals surface area contributed by atoms with Crippen molar-refractivity contribution in [2.45, 2.75) is 102 Å². The van der Waals surface area contributed by atoms with Gasteiger partial charge in [-0.05, 0) is 65.6 Å². The molecule has 0 heterocycles. The normalized spacial score (nSPS) is 13.9. The number of rotatable bonds is 18. The van der Waals surface area contributed by atoms with E-state index in [0.29, 0.717) is 44.6 Å². The standard InChI is InChI=1S/C22H28N2O2.C19H26N2O.C3H7NO/c23-22(26)20(15-16-6-2-1-3-7-16)24-21(25)13-11-17-10-12-18-8-4-5-9-19(18)14-17;1-3-11-16(4-2)19(17-12-7-5-8-13-17)21-18(22)14-9-6-10-15-20;1-2-3(4)5/h4-5,8-10,12,14,16,20H,1-3,6-7,11,13,15H2,(H2,23,26)(H,24,25);3-5,7-8,11-13,19H,1-2,6,9-10,14-15,20H2,(H,21,22);2H2,1H3,(H2,4,5)/b;16-11+;. The highest BCUT2D eigenvalue weighted by atomic mass is 16.2. The van der Waals surface area contributed by atoms with Gasteiger partial charge in [0.1, 0.15) is 6.04 Å². The van der Waals surface area contributed by atoms with Crippen LogP contribution >= 0.6 is 0 Å². The number of nitrogens with two attached hydrogens (primary N) is 3. The molecular formula is C44H61N5O4. The maximum absolute atomic E-state index is 12.3. The zero-order valence-electron chi connectivity index (χ0n) is 31.6. The van der Waals surface area contributed by atoms with Crippen molar-refractivity contribution in [2.75, 3.05) is 6.54 Å². The summed E-state index contributed by atoms with van der Waals surface area (Å²) in [7, 11) is 0. The Labute approximate surface area is 316 Å². The molecule has 53 heavy (non-hydrogen) atoms. The summed E-state index contributed by atoms with van der Waals surface area (Å²) in [5.41, 5.74) is 18.7. The summed E-state index contributed by atoms with van der Waals surface area (Å²) in [5, 5.41) is 8.32. The van der Waals surface area contributed by atoms with Crippen molar-refractivity contribution >= 4 is 34.4 Å². The van der Waals surface area contributed by atoms with E-state index in [0.717, 1.165) is 48.8 Å². The van der Waals surface area contributed by atoms with E-state index in [4.69, 9.17) is 11.5 Å². The fourth-order valence-corrected chi connectivity index (χ4v) is 6.18. The average Bonchev–Trinajstić information content (AvgIpc) is 3.18. The second-order valence-corrected chi connectivity index (χ2v) is 13.4. The van der Waals surface area contributed by atoms with E-state index in [1.807, 2.05) is 48.5 Å². The van der Waals surface area contributed by atoms with Crippen LogP contribution in [0.15, 0.2) is 110 Å².